The van der Waals surface area contributed by atoms with Gasteiger partial charge in [-0.25, -0.2) is 4.79 Å². The summed E-state index contributed by atoms with van der Waals surface area (Å²) in [6.45, 7) is 0.890. The number of Topliss-reactive ketones (excluding diaryl/α,β-unsaturated/α-hetero) is 1. The van der Waals surface area contributed by atoms with E-state index in [-0.39, 0.29) is 12.2 Å². The van der Waals surface area contributed by atoms with Crippen LogP contribution in [0.3, 0.4) is 0 Å². The predicted molar refractivity (Wildman–Crippen MR) is 80.9 cm³/mol. The number of ketones is 1. The fourth-order valence-electron chi connectivity index (χ4n) is 1.59. The van der Waals surface area contributed by atoms with Crippen LogP contribution in [0.1, 0.15) is 23.7 Å². The van der Waals surface area contributed by atoms with Crippen LogP contribution in [0.5, 0.6) is 0 Å². The molecule has 0 unspecified atom stereocenters. The lowest BCUT2D eigenvalue weighted by Crippen LogP contribution is -2.38. The molecule has 0 aliphatic carbocycles. The van der Waals surface area contributed by atoms with Gasteiger partial charge in [-0.2, -0.15) is 0 Å². The number of hydrogen-bond donors (Lipinski definition) is 2. The average Bonchev–Trinajstić information content (AvgIpc) is 2.43. The Labute approximate surface area is 135 Å². The lowest BCUT2D eigenvalue weighted by molar-refractivity contribution is -0.151. The molecule has 0 fully saturated rings. The summed E-state index contributed by atoms with van der Waals surface area (Å²) in [5.41, 5.74) is 5.21. The van der Waals surface area contributed by atoms with Crippen LogP contribution in [0.4, 0.5) is 4.79 Å². The Morgan fingerprint density at radius 1 is 1.32 bits per heavy atom. The minimum absolute atomic E-state index is 0.0489. The summed E-state index contributed by atoms with van der Waals surface area (Å²) in [6.07, 6.45) is -0.0489. The second-order valence-electron chi connectivity index (χ2n) is 4.56. The monoisotopic (exact) mass is 370 g/mol. The number of rotatable bonds is 6. The van der Waals surface area contributed by atoms with E-state index in [1.807, 2.05) is 0 Å². The molecule has 1 rings (SSSR count). The summed E-state index contributed by atoms with van der Waals surface area (Å²) in [4.78, 5) is 45.2. The van der Waals surface area contributed by atoms with Crippen LogP contribution in [0.25, 0.3) is 0 Å². The van der Waals surface area contributed by atoms with Gasteiger partial charge in [-0.1, -0.05) is 35.0 Å². The molecular formula is C14H15BrN2O5. The standard InChI is InChI=1S/C14H15BrN2O5/c1-8(13(20)22-7-12(19)17-14(16)21)5-11(18)9-3-2-4-10(15)6-9/h2-4,6,8H,5,7H2,1H3,(H3,16,17,19,21)/t8-/m1/s1. The van der Waals surface area contributed by atoms with Gasteiger partial charge in [-0.05, 0) is 12.1 Å². The van der Waals surface area contributed by atoms with E-state index in [0.717, 1.165) is 4.47 Å². The van der Waals surface area contributed by atoms with E-state index in [9.17, 15) is 19.2 Å². The Morgan fingerprint density at radius 3 is 2.59 bits per heavy atom. The van der Waals surface area contributed by atoms with Crippen LogP contribution in [-0.4, -0.2) is 30.3 Å². The van der Waals surface area contributed by atoms with Gasteiger partial charge in [-0.3, -0.25) is 19.7 Å². The third kappa shape index (κ3) is 6.04. The normalized spacial score (nSPS) is 11.4. The van der Waals surface area contributed by atoms with Crippen molar-refractivity contribution in [3.05, 3.63) is 34.3 Å². The lowest BCUT2D eigenvalue weighted by atomic mass is 10.00. The van der Waals surface area contributed by atoms with Crippen molar-refractivity contribution in [3.8, 4) is 0 Å². The summed E-state index contributed by atoms with van der Waals surface area (Å²) in [6, 6.07) is 5.77. The van der Waals surface area contributed by atoms with Gasteiger partial charge in [0.2, 0.25) is 0 Å². The number of nitrogens with two attached hydrogens (primary N) is 1. The number of imide groups is 1. The maximum absolute atomic E-state index is 12.0. The van der Waals surface area contributed by atoms with E-state index in [1.54, 1.807) is 29.6 Å². The third-order valence-electron chi connectivity index (χ3n) is 2.65. The SMILES string of the molecule is C[C@H](CC(=O)c1cccc(Br)c1)C(=O)OCC(=O)NC(N)=O. The van der Waals surface area contributed by atoms with Gasteiger partial charge in [0.1, 0.15) is 0 Å². The molecule has 0 bridgehead atoms. The molecule has 22 heavy (non-hydrogen) atoms. The highest BCUT2D eigenvalue weighted by Gasteiger charge is 2.20. The molecule has 0 aromatic heterocycles. The zero-order valence-corrected chi connectivity index (χ0v) is 13.4. The van der Waals surface area contributed by atoms with Crippen LogP contribution in [-0.2, 0) is 14.3 Å². The fraction of sp³-hybridized carbons (Fsp3) is 0.286. The molecule has 0 aliphatic heterocycles. The largest absolute Gasteiger partial charge is 0.455 e. The number of benzene rings is 1. The molecule has 0 radical (unpaired) electrons. The Balaban J connectivity index is 2.48. The molecule has 0 saturated carbocycles. The van der Waals surface area contributed by atoms with Gasteiger partial charge >= 0.3 is 12.0 Å². The van der Waals surface area contributed by atoms with Gasteiger partial charge in [0.25, 0.3) is 5.91 Å². The number of carbonyl (C=O) groups is 4. The molecule has 0 aliphatic rings. The fourth-order valence-corrected chi connectivity index (χ4v) is 1.99. The van der Waals surface area contributed by atoms with Crippen molar-refractivity contribution in [2.24, 2.45) is 11.7 Å². The highest BCUT2D eigenvalue weighted by molar-refractivity contribution is 9.10. The van der Waals surface area contributed by atoms with Gasteiger partial charge in [-0.15, -0.1) is 0 Å². The lowest BCUT2D eigenvalue weighted by Gasteiger charge is -2.10. The van der Waals surface area contributed by atoms with Crippen molar-refractivity contribution in [3.63, 3.8) is 0 Å². The van der Waals surface area contributed by atoms with Crippen LogP contribution in [0.15, 0.2) is 28.7 Å². The quantitative estimate of drug-likeness (QED) is 0.579. The Kier molecular flexibility index (Phi) is 6.71. The molecule has 8 heteroatoms. The molecular weight excluding hydrogens is 356 g/mol. The minimum atomic E-state index is -1.03. The zero-order chi connectivity index (χ0) is 16.7. The summed E-state index contributed by atoms with van der Waals surface area (Å²) >= 11 is 3.26. The molecule has 1 atom stereocenters. The summed E-state index contributed by atoms with van der Waals surface area (Å²) in [7, 11) is 0. The van der Waals surface area contributed by atoms with Gasteiger partial charge in [0, 0.05) is 16.5 Å². The molecule has 1 aromatic rings. The van der Waals surface area contributed by atoms with Crippen LogP contribution in [0.2, 0.25) is 0 Å². The highest BCUT2D eigenvalue weighted by atomic mass is 79.9. The number of urea groups is 1. The first-order valence-electron chi connectivity index (χ1n) is 6.34. The van der Waals surface area contributed by atoms with Crippen LogP contribution in [0, 0.1) is 5.92 Å². The Hall–Kier alpha value is -2.22. The zero-order valence-electron chi connectivity index (χ0n) is 11.8. The van der Waals surface area contributed by atoms with E-state index in [4.69, 9.17) is 10.5 Å². The van der Waals surface area contributed by atoms with Crippen molar-refractivity contribution in [1.29, 1.82) is 0 Å². The maximum atomic E-state index is 12.0. The molecule has 0 saturated heterocycles. The number of carbonyl (C=O) groups excluding carboxylic acids is 4. The molecule has 118 valence electrons. The van der Waals surface area contributed by atoms with Crippen LogP contribution < -0.4 is 11.1 Å². The maximum Gasteiger partial charge on any atom is 0.318 e. The number of amides is 3. The first-order chi connectivity index (χ1) is 10.3. The van der Waals surface area contributed by atoms with E-state index in [1.165, 1.54) is 6.92 Å². The van der Waals surface area contributed by atoms with E-state index < -0.39 is 30.4 Å². The first-order valence-corrected chi connectivity index (χ1v) is 7.13. The number of halogens is 1. The van der Waals surface area contributed by atoms with E-state index in [0.29, 0.717) is 5.56 Å². The molecule has 0 spiro atoms. The predicted octanol–water partition coefficient (Wildman–Crippen LogP) is 1.40. The molecule has 0 heterocycles. The third-order valence-corrected chi connectivity index (χ3v) is 3.14. The van der Waals surface area contributed by atoms with Crippen molar-refractivity contribution in [2.75, 3.05) is 6.61 Å². The van der Waals surface area contributed by atoms with Crippen molar-refractivity contribution >= 4 is 39.6 Å². The van der Waals surface area contributed by atoms with Gasteiger partial charge in [0.05, 0.1) is 5.92 Å². The number of hydrogen-bond acceptors (Lipinski definition) is 5. The van der Waals surface area contributed by atoms with Crippen molar-refractivity contribution in [2.45, 2.75) is 13.3 Å². The number of nitrogens with one attached hydrogen (secondary N) is 1. The molecule has 7 nitrogen and oxygen atoms in total. The topological polar surface area (TPSA) is 116 Å². The number of esters is 1. The molecule has 1 aromatic carbocycles. The average molecular weight is 371 g/mol. The Morgan fingerprint density at radius 2 is 2.00 bits per heavy atom. The smallest absolute Gasteiger partial charge is 0.318 e. The number of primary amides is 1. The highest BCUT2D eigenvalue weighted by Crippen LogP contribution is 2.16. The van der Waals surface area contributed by atoms with E-state index in [2.05, 4.69) is 15.9 Å². The van der Waals surface area contributed by atoms with Crippen molar-refractivity contribution < 1.29 is 23.9 Å². The second-order valence-corrected chi connectivity index (χ2v) is 5.47. The minimum Gasteiger partial charge on any atom is -0.455 e. The second kappa shape index (κ2) is 8.28. The molecule has 3 amide bonds. The summed E-state index contributed by atoms with van der Waals surface area (Å²) < 4.78 is 5.47. The first kappa shape index (κ1) is 17.8. The summed E-state index contributed by atoms with van der Waals surface area (Å²) in [5.74, 6) is -2.46. The van der Waals surface area contributed by atoms with Crippen LogP contribution >= 0.6 is 15.9 Å². The van der Waals surface area contributed by atoms with E-state index >= 15 is 0 Å². The molecule has 3 N–H and O–H groups in total. The summed E-state index contributed by atoms with van der Waals surface area (Å²) in [5, 5.41) is 1.76. The van der Waals surface area contributed by atoms with Crippen molar-refractivity contribution in [1.82, 2.24) is 5.32 Å². The Bertz CT molecular complexity index is 603. The number of ether oxygens (including phenoxy) is 1. The van der Waals surface area contributed by atoms with Gasteiger partial charge in [0.15, 0.2) is 12.4 Å². The van der Waals surface area contributed by atoms with Gasteiger partial charge < -0.3 is 10.5 Å².